The predicted molar refractivity (Wildman–Crippen MR) is 90.8 cm³/mol. The summed E-state index contributed by atoms with van der Waals surface area (Å²) in [7, 11) is 0. The molecule has 1 fully saturated rings. The number of H-pyrrole nitrogens is 2. The molecule has 1 saturated heterocycles. The molecule has 1 atom stereocenters. The lowest BCUT2D eigenvalue weighted by Crippen LogP contribution is -2.36. The van der Waals surface area contributed by atoms with Crippen LogP contribution in [0.25, 0.3) is 20.7 Å². The van der Waals surface area contributed by atoms with Crippen molar-refractivity contribution in [1.82, 2.24) is 25.1 Å². The highest BCUT2D eigenvalue weighted by atomic mass is 32.1. The molecule has 124 valence electrons. The number of likely N-dealkylation sites (tertiary alicyclic amines) is 1. The summed E-state index contributed by atoms with van der Waals surface area (Å²) in [5, 5.41) is 6.91. The van der Waals surface area contributed by atoms with Crippen LogP contribution in [0.3, 0.4) is 0 Å². The van der Waals surface area contributed by atoms with Crippen LogP contribution in [0.5, 0.6) is 0 Å². The second-order valence-electron chi connectivity index (χ2n) is 5.87. The Morgan fingerprint density at radius 2 is 2.33 bits per heavy atom. The minimum Gasteiger partial charge on any atom is -0.351 e. The first-order chi connectivity index (χ1) is 11.5. The molecule has 0 bridgehead atoms. The molecule has 0 saturated carbocycles. The summed E-state index contributed by atoms with van der Waals surface area (Å²) in [6, 6.07) is 1.14. The first-order valence-electron chi connectivity index (χ1n) is 7.65. The Kier molecular flexibility index (Phi) is 3.38. The smallest absolute Gasteiger partial charge is 0.315 e. The number of hydrogen-bond acceptors (Lipinski definition) is 5. The van der Waals surface area contributed by atoms with Crippen LogP contribution in [-0.2, 0) is 0 Å². The number of nitrogens with zero attached hydrogens (tertiary/aromatic N) is 3. The average molecular weight is 344 g/mol. The zero-order valence-corrected chi connectivity index (χ0v) is 13.8. The van der Waals surface area contributed by atoms with Crippen molar-refractivity contribution >= 4 is 27.6 Å². The molecular formula is C15H16N6O2S. The second-order valence-corrected chi connectivity index (χ2v) is 6.93. The molecule has 0 spiro atoms. The molecule has 4 heterocycles. The Balaban J connectivity index is 1.81. The zero-order valence-electron chi connectivity index (χ0n) is 13.0. The van der Waals surface area contributed by atoms with Crippen molar-refractivity contribution < 1.29 is 4.79 Å². The van der Waals surface area contributed by atoms with E-state index in [0.717, 1.165) is 29.0 Å². The topological polar surface area (TPSA) is 121 Å². The molecule has 1 aliphatic rings. The van der Waals surface area contributed by atoms with Crippen molar-refractivity contribution in [3.05, 3.63) is 34.1 Å². The van der Waals surface area contributed by atoms with Gasteiger partial charge in [0.2, 0.25) is 0 Å². The third-order valence-corrected chi connectivity index (χ3v) is 5.50. The number of amides is 2. The lowest BCUT2D eigenvalue weighted by Gasteiger charge is -2.21. The number of carbonyl (C=O) groups excluding carboxylic acids is 1. The van der Waals surface area contributed by atoms with Gasteiger partial charge < -0.3 is 15.6 Å². The summed E-state index contributed by atoms with van der Waals surface area (Å²) in [5.74, 6) is 0.497. The van der Waals surface area contributed by atoms with E-state index in [1.807, 2.05) is 13.0 Å². The van der Waals surface area contributed by atoms with Gasteiger partial charge in [-0.2, -0.15) is 5.10 Å². The number of aromatic nitrogens is 4. The lowest BCUT2D eigenvalue weighted by molar-refractivity contribution is 0.201. The number of nitrogens with one attached hydrogen (secondary N) is 2. The summed E-state index contributed by atoms with van der Waals surface area (Å²) in [5.41, 5.74) is 7.76. The van der Waals surface area contributed by atoms with Crippen LogP contribution >= 0.6 is 11.3 Å². The molecule has 2 amide bonds. The maximum Gasteiger partial charge on any atom is 0.315 e. The summed E-state index contributed by atoms with van der Waals surface area (Å²) in [6.07, 6.45) is 3.33. The monoisotopic (exact) mass is 344 g/mol. The number of primary amides is 1. The molecule has 3 aromatic heterocycles. The van der Waals surface area contributed by atoms with E-state index in [2.05, 4.69) is 20.2 Å². The van der Waals surface area contributed by atoms with E-state index in [1.54, 1.807) is 11.1 Å². The van der Waals surface area contributed by atoms with Gasteiger partial charge in [-0.1, -0.05) is 0 Å². The second kappa shape index (κ2) is 5.45. The lowest BCUT2D eigenvalue weighted by atomic mass is 10.2. The Hall–Kier alpha value is -2.68. The van der Waals surface area contributed by atoms with Crippen molar-refractivity contribution in [2.24, 2.45) is 5.73 Å². The van der Waals surface area contributed by atoms with Crippen LogP contribution < -0.4 is 11.3 Å². The summed E-state index contributed by atoms with van der Waals surface area (Å²) < 4.78 is 0.568. The largest absolute Gasteiger partial charge is 0.351 e. The molecule has 24 heavy (non-hydrogen) atoms. The highest BCUT2D eigenvalue weighted by molar-refractivity contribution is 7.22. The van der Waals surface area contributed by atoms with E-state index in [1.165, 1.54) is 11.3 Å². The maximum absolute atomic E-state index is 12.5. The highest BCUT2D eigenvalue weighted by Gasteiger charge is 2.31. The van der Waals surface area contributed by atoms with Crippen molar-refractivity contribution in [2.45, 2.75) is 25.8 Å². The normalized spacial score (nSPS) is 17.7. The first-order valence-corrected chi connectivity index (χ1v) is 8.46. The highest BCUT2D eigenvalue weighted by Crippen LogP contribution is 2.34. The molecule has 1 unspecified atom stereocenters. The molecule has 8 nitrogen and oxygen atoms in total. The van der Waals surface area contributed by atoms with Gasteiger partial charge in [0.25, 0.3) is 5.56 Å². The molecule has 4 rings (SSSR count). The maximum atomic E-state index is 12.5. The number of aromatic amines is 2. The van der Waals surface area contributed by atoms with Crippen molar-refractivity contribution in [1.29, 1.82) is 0 Å². The SMILES string of the molecule is Cc1[nH]ncc1-c1cc2nc(C3CCCN3C(N)=O)[nH]c(=O)c2s1. The van der Waals surface area contributed by atoms with Gasteiger partial charge in [-0.3, -0.25) is 9.89 Å². The van der Waals surface area contributed by atoms with Gasteiger partial charge in [-0.05, 0) is 25.8 Å². The van der Waals surface area contributed by atoms with Gasteiger partial charge >= 0.3 is 6.03 Å². The molecule has 9 heteroatoms. The first kappa shape index (κ1) is 14.9. The Labute approximate surface area is 140 Å². The van der Waals surface area contributed by atoms with Gasteiger partial charge in [0.15, 0.2) is 0 Å². The van der Waals surface area contributed by atoms with Crippen LogP contribution in [0.1, 0.15) is 30.4 Å². The minimum absolute atomic E-state index is 0.191. The molecular weight excluding hydrogens is 328 g/mol. The van der Waals surface area contributed by atoms with E-state index in [0.29, 0.717) is 22.6 Å². The van der Waals surface area contributed by atoms with E-state index < -0.39 is 6.03 Å². The number of thiophene rings is 1. The summed E-state index contributed by atoms with van der Waals surface area (Å²) in [4.78, 5) is 33.9. The third-order valence-electron chi connectivity index (χ3n) is 4.35. The van der Waals surface area contributed by atoms with Crippen LogP contribution in [0, 0.1) is 6.92 Å². The fourth-order valence-corrected chi connectivity index (χ4v) is 4.22. The minimum atomic E-state index is -0.486. The van der Waals surface area contributed by atoms with Crippen LogP contribution in [0.15, 0.2) is 17.1 Å². The van der Waals surface area contributed by atoms with E-state index in [4.69, 9.17) is 5.73 Å². The number of aryl methyl sites for hydroxylation is 1. The predicted octanol–water partition coefficient (Wildman–Crippen LogP) is 1.90. The summed E-state index contributed by atoms with van der Waals surface area (Å²) >= 11 is 1.38. The quantitative estimate of drug-likeness (QED) is 0.657. The van der Waals surface area contributed by atoms with Gasteiger partial charge in [0.05, 0.1) is 17.8 Å². The molecule has 0 aliphatic carbocycles. The zero-order chi connectivity index (χ0) is 16.8. The van der Waals surface area contributed by atoms with Crippen molar-refractivity contribution in [2.75, 3.05) is 6.54 Å². The number of nitrogens with two attached hydrogens (primary N) is 1. The number of fused-ring (bicyclic) bond motifs is 1. The van der Waals surface area contributed by atoms with Gasteiger partial charge in [0.1, 0.15) is 10.5 Å². The third kappa shape index (κ3) is 2.28. The molecule has 3 aromatic rings. The number of hydrogen-bond donors (Lipinski definition) is 3. The van der Waals surface area contributed by atoms with Crippen LogP contribution in [0.2, 0.25) is 0 Å². The molecule has 0 radical (unpaired) electrons. The number of rotatable bonds is 2. The summed E-state index contributed by atoms with van der Waals surface area (Å²) in [6.45, 7) is 2.52. The average Bonchev–Trinajstić information content (AvgIpc) is 3.24. The fraction of sp³-hybridized carbons (Fsp3) is 0.333. The van der Waals surface area contributed by atoms with Crippen molar-refractivity contribution in [3.63, 3.8) is 0 Å². The molecule has 0 aromatic carbocycles. The van der Waals surface area contributed by atoms with E-state index >= 15 is 0 Å². The van der Waals surface area contributed by atoms with Gasteiger partial charge in [-0.15, -0.1) is 11.3 Å². The van der Waals surface area contributed by atoms with E-state index in [9.17, 15) is 9.59 Å². The fourth-order valence-electron chi connectivity index (χ4n) is 3.16. The Morgan fingerprint density at radius 3 is 3.04 bits per heavy atom. The molecule has 1 aliphatic heterocycles. The van der Waals surface area contributed by atoms with E-state index in [-0.39, 0.29) is 11.6 Å². The standard InChI is InChI=1S/C15H16N6O2S/c1-7-8(6-17-20-7)11-5-9-12(24-11)14(22)19-13(18-9)10-3-2-4-21(10)15(16)23/h5-6,10H,2-4H2,1H3,(H2,16,23)(H,17,20)(H,18,19,22). The Bertz CT molecular complexity index is 987. The van der Waals surface area contributed by atoms with Gasteiger partial charge in [-0.25, -0.2) is 9.78 Å². The van der Waals surface area contributed by atoms with Crippen LogP contribution in [0.4, 0.5) is 4.79 Å². The van der Waals surface area contributed by atoms with Gasteiger partial charge in [0, 0.05) is 22.7 Å². The van der Waals surface area contributed by atoms with Crippen molar-refractivity contribution in [3.8, 4) is 10.4 Å². The van der Waals surface area contributed by atoms with Crippen LogP contribution in [-0.4, -0.2) is 37.6 Å². The Morgan fingerprint density at radius 1 is 1.50 bits per heavy atom. The molecule has 4 N–H and O–H groups in total. The number of urea groups is 1. The number of carbonyl (C=O) groups is 1.